The average molecular weight is 376 g/mol. The van der Waals surface area contributed by atoms with Gasteiger partial charge in [-0.05, 0) is 54.8 Å². The van der Waals surface area contributed by atoms with Crippen LogP contribution in [-0.4, -0.2) is 20.0 Å². The highest BCUT2D eigenvalue weighted by molar-refractivity contribution is 5.86. The van der Waals surface area contributed by atoms with Gasteiger partial charge in [-0.3, -0.25) is 4.79 Å². The number of rotatable bonds is 6. The van der Waals surface area contributed by atoms with Crippen LogP contribution in [0.1, 0.15) is 23.2 Å². The number of fused-ring (bicyclic) bond motifs is 1. The van der Waals surface area contributed by atoms with Crippen LogP contribution in [0.3, 0.4) is 0 Å². The molecule has 0 bridgehead atoms. The monoisotopic (exact) mass is 376 g/mol. The summed E-state index contributed by atoms with van der Waals surface area (Å²) in [5.74, 6) is -0.606. The molecule has 4 aromatic rings. The zero-order valence-electron chi connectivity index (χ0n) is 15.6. The molecule has 2 aromatic heterocycles. The van der Waals surface area contributed by atoms with E-state index in [4.69, 9.17) is 5.73 Å². The first-order valence-corrected chi connectivity index (χ1v) is 9.16. The van der Waals surface area contributed by atoms with Gasteiger partial charge in [-0.2, -0.15) is 0 Å². The fourth-order valence-electron chi connectivity index (χ4n) is 3.66. The Balaban J connectivity index is 1.72. The Kier molecular flexibility index (Phi) is 4.69. The number of carbonyl (C=O) groups excluding carboxylic acids is 1. The molecule has 6 heteroatoms. The highest BCUT2D eigenvalue weighted by Crippen LogP contribution is 2.28. The van der Waals surface area contributed by atoms with E-state index in [-0.39, 0.29) is 18.1 Å². The van der Waals surface area contributed by atoms with Crippen LogP contribution in [0.2, 0.25) is 0 Å². The standard InChI is InChI=1S/C22H21FN4O/c1-15-19-12-17(23)4-7-21(19)27(20(15)8-9-22(24)28)13-16-2-5-18(6-3-16)26-11-10-25-14-26/h2-7,10-12,14H,8-9,13H2,1H3,(H2,24,28). The van der Waals surface area contributed by atoms with Gasteiger partial charge in [0, 0.05) is 47.6 Å². The van der Waals surface area contributed by atoms with Crippen LogP contribution in [-0.2, 0) is 17.8 Å². The van der Waals surface area contributed by atoms with Crippen molar-refractivity contribution in [3.63, 3.8) is 0 Å². The first-order chi connectivity index (χ1) is 13.5. The summed E-state index contributed by atoms with van der Waals surface area (Å²) in [5, 5.41) is 0.870. The highest BCUT2D eigenvalue weighted by Gasteiger charge is 2.16. The van der Waals surface area contributed by atoms with Crippen LogP contribution < -0.4 is 5.73 Å². The number of amides is 1. The molecule has 2 heterocycles. The molecule has 142 valence electrons. The Labute approximate surface area is 162 Å². The van der Waals surface area contributed by atoms with E-state index in [0.29, 0.717) is 13.0 Å². The number of hydrogen-bond acceptors (Lipinski definition) is 2. The molecule has 2 N–H and O–H groups in total. The summed E-state index contributed by atoms with van der Waals surface area (Å²) in [6, 6.07) is 13.0. The number of halogens is 1. The van der Waals surface area contributed by atoms with Crippen LogP contribution in [0.25, 0.3) is 16.6 Å². The van der Waals surface area contributed by atoms with E-state index in [9.17, 15) is 9.18 Å². The first-order valence-electron chi connectivity index (χ1n) is 9.16. The Morgan fingerprint density at radius 1 is 1.18 bits per heavy atom. The smallest absolute Gasteiger partial charge is 0.217 e. The molecule has 4 rings (SSSR count). The summed E-state index contributed by atoms with van der Waals surface area (Å²) in [6.45, 7) is 2.60. The average Bonchev–Trinajstić information content (AvgIpc) is 3.29. The van der Waals surface area contributed by atoms with Crippen molar-refractivity contribution in [2.45, 2.75) is 26.3 Å². The fourth-order valence-corrected chi connectivity index (χ4v) is 3.66. The lowest BCUT2D eigenvalue weighted by Crippen LogP contribution is -2.13. The number of aryl methyl sites for hydroxylation is 1. The summed E-state index contributed by atoms with van der Waals surface area (Å²) in [4.78, 5) is 15.4. The van der Waals surface area contributed by atoms with Crippen molar-refractivity contribution in [3.8, 4) is 5.69 Å². The van der Waals surface area contributed by atoms with E-state index in [1.807, 2.05) is 29.8 Å². The molecule has 0 spiro atoms. The number of aromatic nitrogens is 3. The quantitative estimate of drug-likeness (QED) is 0.557. The Hall–Kier alpha value is -3.41. The maximum absolute atomic E-state index is 13.8. The molecule has 1 amide bonds. The van der Waals surface area contributed by atoms with E-state index in [1.54, 1.807) is 24.7 Å². The molecule has 0 atom stereocenters. The molecular weight excluding hydrogens is 355 g/mol. The molecule has 0 saturated heterocycles. The Morgan fingerprint density at radius 2 is 1.96 bits per heavy atom. The van der Waals surface area contributed by atoms with Gasteiger partial charge in [-0.15, -0.1) is 0 Å². The minimum Gasteiger partial charge on any atom is -0.370 e. The van der Waals surface area contributed by atoms with Crippen molar-refractivity contribution in [1.82, 2.24) is 14.1 Å². The number of nitrogens with zero attached hydrogens (tertiary/aromatic N) is 3. The third-order valence-electron chi connectivity index (χ3n) is 5.10. The van der Waals surface area contributed by atoms with E-state index in [0.717, 1.165) is 33.4 Å². The molecular formula is C22H21FN4O. The Bertz CT molecular complexity index is 1130. The zero-order chi connectivity index (χ0) is 19.7. The van der Waals surface area contributed by atoms with Crippen LogP contribution >= 0.6 is 0 Å². The second kappa shape index (κ2) is 7.31. The molecule has 0 radical (unpaired) electrons. The van der Waals surface area contributed by atoms with Gasteiger partial charge in [0.25, 0.3) is 0 Å². The zero-order valence-corrected chi connectivity index (χ0v) is 15.6. The molecule has 0 aliphatic carbocycles. The molecule has 28 heavy (non-hydrogen) atoms. The lowest BCUT2D eigenvalue weighted by molar-refractivity contribution is -0.118. The highest BCUT2D eigenvalue weighted by atomic mass is 19.1. The van der Waals surface area contributed by atoms with Crippen LogP contribution in [0.5, 0.6) is 0 Å². The van der Waals surface area contributed by atoms with Crippen molar-refractivity contribution in [3.05, 3.63) is 83.8 Å². The molecule has 2 aromatic carbocycles. The third kappa shape index (κ3) is 3.41. The second-order valence-corrected chi connectivity index (χ2v) is 6.92. The molecule has 0 aliphatic rings. The Morgan fingerprint density at radius 3 is 2.64 bits per heavy atom. The van der Waals surface area contributed by atoms with Gasteiger partial charge >= 0.3 is 0 Å². The lowest BCUT2D eigenvalue weighted by Gasteiger charge is -2.12. The number of hydrogen-bond donors (Lipinski definition) is 1. The van der Waals surface area contributed by atoms with Gasteiger partial charge in [-0.1, -0.05) is 12.1 Å². The largest absolute Gasteiger partial charge is 0.370 e. The predicted molar refractivity (Wildman–Crippen MR) is 107 cm³/mol. The molecule has 0 aliphatic heterocycles. The van der Waals surface area contributed by atoms with E-state index in [1.165, 1.54) is 6.07 Å². The molecule has 0 saturated carbocycles. The number of imidazole rings is 1. The van der Waals surface area contributed by atoms with Gasteiger partial charge in [0.15, 0.2) is 0 Å². The lowest BCUT2D eigenvalue weighted by atomic mass is 10.1. The van der Waals surface area contributed by atoms with Crippen LogP contribution in [0.15, 0.2) is 61.2 Å². The van der Waals surface area contributed by atoms with Gasteiger partial charge < -0.3 is 14.9 Å². The van der Waals surface area contributed by atoms with Crippen molar-refractivity contribution in [2.24, 2.45) is 5.73 Å². The summed E-state index contributed by atoms with van der Waals surface area (Å²) in [6.07, 6.45) is 6.19. The van der Waals surface area contributed by atoms with Crippen LogP contribution in [0, 0.1) is 12.7 Å². The normalized spacial score (nSPS) is 11.2. The van der Waals surface area contributed by atoms with E-state index in [2.05, 4.69) is 21.7 Å². The predicted octanol–water partition coefficient (Wildman–Crippen LogP) is 3.74. The number of benzene rings is 2. The maximum Gasteiger partial charge on any atom is 0.217 e. The second-order valence-electron chi connectivity index (χ2n) is 6.92. The molecule has 0 unspecified atom stereocenters. The minimum absolute atomic E-state index is 0.263. The maximum atomic E-state index is 13.8. The third-order valence-corrected chi connectivity index (χ3v) is 5.10. The van der Waals surface area contributed by atoms with Crippen molar-refractivity contribution < 1.29 is 9.18 Å². The first kappa shape index (κ1) is 18.0. The number of carbonyl (C=O) groups is 1. The number of nitrogens with two attached hydrogens (primary N) is 1. The van der Waals surface area contributed by atoms with Crippen molar-refractivity contribution in [2.75, 3.05) is 0 Å². The minimum atomic E-state index is -0.341. The van der Waals surface area contributed by atoms with Gasteiger partial charge in [0.1, 0.15) is 5.82 Å². The van der Waals surface area contributed by atoms with Gasteiger partial charge in [0.2, 0.25) is 5.91 Å². The SMILES string of the molecule is Cc1c(CCC(N)=O)n(Cc2ccc(-n3ccnc3)cc2)c2ccc(F)cc12. The van der Waals surface area contributed by atoms with E-state index < -0.39 is 0 Å². The number of primary amides is 1. The van der Waals surface area contributed by atoms with E-state index >= 15 is 0 Å². The fraction of sp³-hybridized carbons (Fsp3) is 0.182. The summed E-state index contributed by atoms with van der Waals surface area (Å²) in [7, 11) is 0. The molecule has 0 fully saturated rings. The van der Waals surface area contributed by atoms with Crippen molar-refractivity contribution in [1.29, 1.82) is 0 Å². The summed E-state index contributed by atoms with van der Waals surface area (Å²) < 4.78 is 17.9. The van der Waals surface area contributed by atoms with Crippen molar-refractivity contribution >= 4 is 16.8 Å². The van der Waals surface area contributed by atoms with Crippen LogP contribution in [0.4, 0.5) is 4.39 Å². The van der Waals surface area contributed by atoms with Gasteiger partial charge in [0.05, 0.1) is 6.33 Å². The molecule has 5 nitrogen and oxygen atoms in total. The summed E-state index contributed by atoms with van der Waals surface area (Å²) >= 11 is 0. The summed E-state index contributed by atoms with van der Waals surface area (Å²) in [5.41, 5.74) is 10.5. The topological polar surface area (TPSA) is 65.8 Å². The van der Waals surface area contributed by atoms with Gasteiger partial charge in [-0.25, -0.2) is 9.37 Å².